The van der Waals surface area contributed by atoms with Crippen molar-refractivity contribution >= 4 is 30.0 Å². The minimum atomic E-state index is -1.01. The molecular formula is C12H15Cl2NO2. The zero-order chi connectivity index (χ0) is 11.9. The maximum atomic E-state index is 10.9. The lowest BCUT2D eigenvalue weighted by Gasteiger charge is -2.30. The van der Waals surface area contributed by atoms with Gasteiger partial charge in [0.15, 0.2) is 0 Å². The number of carboxylic acid groups (broad SMARTS) is 1. The quantitative estimate of drug-likeness (QED) is 0.800. The van der Waals surface area contributed by atoms with Crippen LogP contribution in [0.15, 0.2) is 6.07 Å². The average Bonchev–Trinajstić information content (AvgIpc) is 2.14. The SMILES string of the molecule is CC1(C)CCc2cc(C(=O)O)c(Cl)nc2C1.Cl. The number of aromatic nitrogens is 1. The molecule has 5 heteroatoms. The predicted molar refractivity (Wildman–Crippen MR) is 69.3 cm³/mol. The lowest BCUT2D eigenvalue weighted by atomic mass is 9.76. The number of fused-ring (bicyclic) bond motifs is 1. The Labute approximate surface area is 112 Å². The van der Waals surface area contributed by atoms with E-state index in [9.17, 15) is 4.79 Å². The van der Waals surface area contributed by atoms with Gasteiger partial charge in [0.25, 0.3) is 0 Å². The molecule has 0 unspecified atom stereocenters. The van der Waals surface area contributed by atoms with E-state index in [1.807, 2.05) is 0 Å². The molecule has 0 aliphatic heterocycles. The van der Waals surface area contributed by atoms with Gasteiger partial charge in [0.05, 0.1) is 5.56 Å². The molecular weight excluding hydrogens is 261 g/mol. The Morgan fingerprint density at radius 3 is 2.76 bits per heavy atom. The maximum Gasteiger partial charge on any atom is 0.338 e. The highest BCUT2D eigenvalue weighted by Gasteiger charge is 2.27. The molecule has 94 valence electrons. The van der Waals surface area contributed by atoms with Crippen molar-refractivity contribution < 1.29 is 9.90 Å². The highest BCUT2D eigenvalue weighted by Crippen LogP contribution is 2.35. The molecule has 1 heterocycles. The standard InChI is InChI=1S/C12H14ClNO2.ClH/c1-12(2)4-3-7-5-8(11(15)16)10(13)14-9(7)6-12;/h5H,3-4,6H2,1-2H3,(H,15,16);1H. The van der Waals surface area contributed by atoms with E-state index in [0.717, 1.165) is 30.5 Å². The van der Waals surface area contributed by atoms with E-state index in [1.165, 1.54) is 0 Å². The van der Waals surface area contributed by atoms with Gasteiger partial charge in [0, 0.05) is 5.69 Å². The fraction of sp³-hybridized carbons (Fsp3) is 0.500. The summed E-state index contributed by atoms with van der Waals surface area (Å²) in [5, 5.41) is 9.05. The van der Waals surface area contributed by atoms with Crippen LogP contribution in [0.1, 0.15) is 41.9 Å². The van der Waals surface area contributed by atoms with Crippen LogP contribution in [0.3, 0.4) is 0 Å². The van der Waals surface area contributed by atoms with Gasteiger partial charge in [0.1, 0.15) is 5.15 Å². The van der Waals surface area contributed by atoms with Gasteiger partial charge in [-0.3, -0.25) is 0 Å². The summed E-state index contributed by atoms with van der Waals surface area (Å²) in [6, 6.07) is 1.67. The molecule has 1 aromatic rings. The van der Waals surface area contributed by atoms with Crippen molar-refractivity contribution in [2.75, 3.05) is 0 Å². The number of nitrogens with zero attached hydrogens (tertiary/aromatic N) is 1. The lowest BCUT2D eigenvalue weighted by Crippen LogP contribution is -2.23. The van der Waals surface area contributed by atoms with Crippen LogP contribution in [0.25, 0.3) is 0 Å². The summed E-state index contributed by atoms with van der Waals surface area (Å²) in [5.41, 5.74) is 2.32. The van der Waals surface area contributed by atoms with E-state index in [-0.39, 0.29) is 28.5 Å². The number of pyridine rings is 1. The minimum Gasteiger partial charge on any atom is -0.478 e. The van der Waals surface area contributed by atoms with Crippen LogP contribution in [0.2, 0.25) is 5.15 Å². The summed E-state index contributed by atoms with van der Waals surface area (Å²) in [5.74, 6) is -1.01. The second-order valence-electron chi connectivity index (χ2n) is 5.08. The van der Waals surface area contributed by atoms with Gasteiger partial charge in [-0.05, 0) is 36.3 Å². The molecule has 0 amide bonds. The largest absolute Gasteiger partial charge is 0.478 e. The Hall–Kier alpha value is -0.800. The van der Waals surface area contributed by atoms with Crippen LogP contribution in [-0.4, -0.2) is 16.1 Å². The number of hydrogen-bond acceptors (Lipinski definition) is 2. The van der Waals surface area contributed by atoms with Crippen molar-refractivity contribution in [3.63, 3.8) is 0 Å². The second kappa shape index (κ2) is 4.83. The molecule has 0 bridgehead atoms. The third-order valence-corrected chi connectivity index (χ3v) is 3.38. The second-order valence-corrected chi connectivity index (χ2v) is 5.44. The molecule has 0 atom stereocenters. The molecule has 2 rings (SSSR count). The minimum absolute atomic E-state index is 0. The van der Waals surface area contributed by atoms with Crippen molar-refractivity contribution in [1.29, 1.82) is 0 Å². The maximum absolute atomic E-state index is 10.9. The summed E-state index contributed by atoms with van der Waals surface area (Å²) in [4.78, 5) is 15.1. The van der Waals surface area contributed by atoms with E-state index < -0.39 is 5.97 Å². The van der Waals surface area contributed by atoms with Gasteiger partial charge in [-0.15, -0.1) is 12.4 Å². The van der Waals surface area contributed by atoms with E-state index in [1.54, 1.807) is 6.07 Å². The number of carbonyl (C=O) groups is 1. The van der Waals surface area contributed by atoms with Gasteiger partial charge in [-0.25, -0.2) is 9.78 Å². The van der Waals surface area contributed by atoms with E-state index in [4.69, 9.17) is 16.7 Å². The van der Waals surface area contributed by atoms with E-state index >= 15 is 0 Å². The van der Waals surface area contributed by atoms with Gasteiger partial charge >= 0.3 is 5.97 Å². The topological polar surface area (TPSA) is 50.2 Å². The molecule has 0 saturated heterocycles. The first kappa shape index (κ1) is 14.3. The molecule has 0 radical (unpaired) electrons. The Morgan fingerprint density at radius 2 is 2.18 bits per heavy atom. The Balaban J connectivity index is 0.00000144. The van der Waals surface area contributed by atoms with E-state index in [2.05, 4.69) is 18.8 Å². The number of rotatable bonds is 1. The number of hydrogen-bond donors (Lipinski definition) is 1. The fourth-order valence-electron chi connectivity index (χ4n) is 2.10. The first-order valence-corrected chi connectivity index (χ1v) is 5.68. The molecule has 1 aromatic heterocycles. The highest BCUT2D eigenvalue weighted by molar-refractivity contribution is 6.32. The number of halogens is 2. The molecule has 0 saturated carbocycles. The van der Waals surface area contributed by atoms with Crippen LogP contribution in [0.4, 0.5) is 0 Å². The van der Waals surface area contributed by atoms with Crippen LogP contribution in [0, 0.1) is 5.41 Å². The zero-order valence-corrected chi connectivity index (χ0v) is 11.4. The third kappa shape index (κ3) is 2.90. The Morgan fingerprint density at radius 1 is 1.53 bits per heavy atom. The van der Waals surface area contributed by atoms with Crippen LogP contribution < -0.4 is 0 Å². The Kier molecular flexibility index (Phi) is 4.05. The number of carboxylic acids is 1. The van der Waals surface area contributed by atoms with Crippen molar-refractivity contribution in [3.8, 4) is 0 Å². The molecule has 17 heavy (non-hydrogen) atoms. The summed E-state index contributed by atoms with van der Waals surface area (Å²) in [6.45, 7) is 4.38. The number of aromatic carboxylic acids is 1. The van der Waals surface area contributed by atoms with E-state index in [0.29, 0.717) is 0 Å². The van der Waals surface area contributed by atoms with Crippen molar-refractivity contribution in [1.82, 2.24) is 4.98 Å². The van der Waals surface area contributed by atoms with Crippen molar-refractivity contribution in [3.05, 3.63) is 28.0 Å². The Bertz CT molecular complexity index is 458. The fourth-order valence-corrected chi connectivity index (χ4v) is 2.34. The molecule has 0 spiro atoms. The first-order chi connectivity index (χ1) is 7.39. The lowest BCUT2D eigenvalue weighted by molar-refractivity contribution is 0.0696. The normalized spacial score (nSPS) is 16.9. The first-order valence-electron chi connectivity index (χ1n) is 5.31. The monoisotopic (exact) mass is 275 g/mol. The number of aryl methyl sites for hydroxylation is 1. The van der Waals surface area contributed by atoms with Crippen LogP contribution in [0.5, 0.6) is 0 Å². The van der Waals surface area contributed by atoms with Gasteiger partial charge in [0.2, 0.25) is 0 Å². The van der Waals surface area contributed by atoms with Crippen LogP contribution in [-0.2, 0) is 12.8 Å². The summed E-state index contributed by atoms with van der Waals surface area (Å²) >= 11 is 5.86. The van der Waals surface area contributed by atoms with Gasteiger partial charge < -0.3 is 5.11 Å². The molecule has 3 nitrogen and oxygen atoms in total. The predicted octanol–water partition coefficient (Wildman–Crippen LogP) is 3.37. The molecule has 1 aliphatic rings. The van der Waals surface area contributed by atoms with Gasteiger partial charge in [-0.1, -0.05) is 25.4 Å². The zero-order valence-electron chi connectivity index (χ0n) is 9.79. The summed E-state index contributed by atoms with van der Waals surface area (Å²) in [7, 11) is 0. The van der Waals surface area contributed by atoms with Gasteiger partial charge in [-0.2, -0.15) is 0 Å². The molecule has 0 fully saturated rings. The average molecular weight is 276 g/mol. The van der Waals surface area contributed by atoms with Crippen molar-refractivity contribution in [2.45, 2.75) is 33.1 Å². The van der Waals surface area contributed by atoms with Crippen molar-refractivity contribution in [2.24, 2.45) is 5.41 Å². The highest BCUT2D eigenvalue weighted by atomic mass is 35.5. The molecule has 1 aliphatic carbocycles. The van der Waals surface area contributed by atoms with Crippen LogP contribution >= 0.6 is 24.0 Å². The smallest absolute Gasteiger partial charge is 0.338 e. The molecule has 1 N–H and O–H groups in total. The summed E-state index contributed by atoms with van der Waals surface area (Å²) < 4.78 is 0. The third-order valence-electron chi connectivity index (χ3n) is 3.09. The molecule has 0 aromatic carbocycles. The summed E-state index contributed by atoms with van der Waals surface area (Å²) in [6.07, 6.45) is 2.80.